The first-order valence-corrected chi connectivity index (χ1v) is 9.37. The first kappa shape index (κ1) is 18.4. The topological polar surface area (TPSA) is 66.8 Å². The monoisotopic (exact) mass is 314 g/mol. The molecule has 0 spiro atoms. The van der Waals surface area contributed by atoms with E-state index in [1.165, 1.54) is 0 Å². The normalized spacial score (nSPS) is 17.1. The number of aliphatic hydroxyl groups excluding tert-OH is 1. The molecule has 0 saturated carbocycles. The van der Waals surface area contributed by atoms with E-state index in [1.54, 1.807) is 0 Å². The highest BCUT2D eigenvalue weighted by atomic mass is 31.2. The van der Waals surface area contributed by atoms with Crippen molar-refractivity contribution in [3.05, 3.63) is 35.9 Å². The molecule has 3 atom stereocenters. The first-order valence-electron chi connectivity index (χ1n) is 7.72. The maximum absolute atomic E-state index is 12.3. The van der Waals surface area contributed by atoms with Crippen LogP contribution >= 0.6 is 7.60 Å². The van der Waals surface area contributed by atoms with Crippen molar-refractivity contribution in [1.82, 2.24) is 0 Å². The molecule has 0 fully saturated rings. The summed E-state index contributed by atoms with van der Waals surface area (Å²) in [4.78, 5) is 10.1. The molecule has 1 aromatic rings. The molecule has 0 aliphatic rings. The predicted molar refractivity (Wildman–Crippen MR) is 85.3 cm³/mol. The van der Waals surface area contributed by atoms with Gasteiger partial charge in [-0.2, -0.15) is 0 Å². The van der Waals surface area contributed by atoms with Gasteiger partial charge in [0.1, 0.15) is 0 Å². The van der Waals surface area contributed by atoms with Crippen LogP contribution in [0.3, 0.4) is 0 Å². The van der Waals surface area contributed by atoms with Gasteiger partial charge in [0.05, 0.1) is 5.66 Å². The van der Waals surface area contributed by atoms with E-state index in [-0.39, 0.29) is 6.42 Å². The molecule has 4 nitrogen and oxygen atoms in total. The molecule has 120 valence electrons. The molecule has 0 bridgehead atoms. The number of hydrogen-bond donors (Lipinski definition) is 2. The first-order chi connectivity index (χ1) is 9.99. The van der Waals surface area contributed by atoms with E-state index in [2.05, 4.69) is 6.92 Å². The summed E-state index contributed by atoms with van der Waals surface area (Å²) in [6.07, 6.45) is 3.25. The van der Waals surface area contributed by atoms with Gasteiger partial charge < -0.3 is 10.00 Å². The molecule has 0 radical (unpaired) electrons. The van der Waals surface area contributed by atoms with Crippen LogP contribution in [0, 0.1) is 0 Å². The highest BCUT2D eigenvalue weighted by Crippen LogP contribution is 2.51. The lowest BCUT2D eigenvalue weighted by Gasteiger charge is -2.24. The fraction of sp³-hybridized carbons (Fsp3) is 0.625. The van der Waals surface area contributed by atoms with E-state index in [0.29, 0.717) is 12.8 Å². The number of unbranched alkanes of at least 4 members (excludes halogenated alkanes) is 2. The van der Waals surface area contributed by atoms with E-state index in [1.807, 2.05) is 37.3 Å². The Kier molecular flexibility index (Phi) is 8.20. The van der Waals surface area contributed by atoms with E-state index < -0.39 is 19.5 Å². The van der Waals surface area contributed by atoms with Crippen molar-refractivity contribution in [1.29, 1.82) is 0 Å². The van der Waals surface area contributed by atoms with Gasteiger partial charge in [-0.3, -0.25) is 9.09 Å². The average Bonchev–Trinajstić information content (AvgIpc) is 2.43. The van der Waals surface area contributed by atoms with E-state index >= 15 is 0 Å². The van der Waals surface area contributed by atoms with Crippen LogP contribution in [0.15, 0.2) is 30.3 Å². The number of aliphatic hydroxyl groups is 1. The minimum Gasteiger partial charge on any atom is -0.367 e. The minimum atomic E-state index is -3.79. The molecular weight excluding hydrogens is 287 g/mol. The lowest BCUT2D eigenvalue weighted by molar-refractivity contribution is -0.0245. The fourth-order valence-corrected chi connectivity index (χ4v) is 3.91. The Labute approximate surface area is 127 Å². The molecular formula is C16H27O4P. The zero-order chi connectivity index (χ0) is 15.7. The third-order valence-electron chi connectivity index (χ3n) is 3.60. The third-order valence-corrected chi connectivity index (χ3v) is 5.69. The Hall–Kier alpha value is -0.670. The summed E-state index contributed by atoms with van der Waals surface area (Å²) >= 11 is 0. The summed E-state index contributed by atoms with van der Waals surface area (Å²) in [6, 6.07) is 9.32. The Bertz CT molecular complexity index is 435. The van der Waals surface area contributed by atoms with Gasteiger partial charge in [-0.05, 0) is 18.4 Å². The number of hydrogen-bond acceptors (Lipinski definition) is 3. The van der Waals surface area contributed by atoms with Crippen LogP contribution in [-0.2, 0) is 15.5 Å². The van der Waals surface area contributed by atoms with Gasteiger partial charge in [0.25, 0.3) is 0 Å². The van der Waals surface area contributed by atoms with Gasteiger partial charge in [0, 0.05) is 6.42 Å². The molecule has 0 aliphatic carbocycles. The van der Waals surface area contributed by atoms with Gasteiger partial charge >= 0.3 is 7.60 Å². The van der Waals surface area contributed by atoms with Crippen LogP contribution in [-0.4, -0.2) is 21.9 Å². The predicted octanol–water partition coefficient (Wildman–Crippen LogP) is 4.11. The molecule has 3 unspecified atom stereocenters. The fourth-order valence-electron chi connectivity index (χ4n) is 2.34. The van der Waals surface area contributed by atoms with Crippen molar-refractivity contribution in [3.8, 4) is 0 Å². The van der Waals surface area contributed by atoms with Crippen molar-refractivity contribution in [2.45, 2.75) is 64.3 Å². The molecule has 21 heavy (non-hydrogen) atoms. The van der Waals surface area contributed by atoms with Crippen LogP contribution in [0.5, 0.6) is 0 Å². The van der Waals surface area contributed by atoms with Crippen molar-refractivity contribution >= 4 is 7.60 Å². The maximum atomic E-state index is 12.3. The van der Waals surface area contributed by atoms with Crippen molar-refractivity contribution < 1.29 is 19.1 Å². The van der Waals surface area contributed by atoms with Crippen molar-refractivity contribution in [3.63, 3.8) is 0 Å². The number of rotatable bonds is 10. The molecule has 0 heterocycles. The molecule has 1 rings (SSSR count). The SMILES string of the molecule is CCCCCC(CC)P(=O)(O)OC(O)Cc1ccccc1. The highest BCUT2D eigenvalue weighted by Gasteiger charge is 2.33. The quantitative estimate of drug-likeness (QED) is 0.387. The third kappa shape index (κ3) is 6.75. The van der Waals surface area contributed by atoms with E-state index in [4.69, 9.17) is 4.52 Å². The Morgan fingerprint density at radius 3 is 2.43 bits per heavy atom. The summed E-state index contributed by atoms with van der Waals surface area (Å²) in [5.41, 5.74) is 0.485. The molecule has 0 aliphatic heterocycles. The summed E-state index contributed by atoms with van der Waals surface area (Å²) in [7, 11) is -3.79. The Balaban J connectivity index is 2.54. The zero-order valence-electron chi connectivity index (χ0n) is 12.9. The molecule has 5 heteroatoms. The second-order valence-corrected chi connectivity index (χ2v) is 7.44. The average molecular weight is 314 g/mol. The van der Waals surface area contributed by atoms with Crippen molar-refractivity contribution in [2.24, 2.45) is 0 Å². The van der Waals surface area contributed by atoms with Gasteiger partial charge in [-0.25, -0.2) is 0 Å². The van der Waals surface area contributed by atoms with Gasteiger partial charge in [0.15, 0.2) is 6.29 Å². The molecule has 1 aromatic carbocycles. The Morgan fingerprint density at radius 2 is 1.86 bits per heavy atom. The molecule has 0 saturated heterocycles. The summed E-state index contributed by atoms with van der Waals surface area (Å²) < 4.78 is 17.4. The largest absolute Gasteiger partial charge is 0.367 e. The lowest BCUT2D eigenvalue weighted by Crippen LogP contribution is -2.18. The summed E-state index contributed by atoms with van der Waals surface area (Å²) in [5, 5.41) is 9.90. The van der Waals surface area contributed by atoms with Crippen LogP contribution < -0.4 is 0 Å². The van der Waals surface area contributed by atoms with Crippen LogP contribution in [0.25, 0.3) is 0 Å². The Morgan fingerprint density at radius 1 is 1.19 bits per heavy atom. The molecule has 2 N–H and O–H groups in total. The van der Waals surface area contributed by atoms with Crippen LogP contribution in [0.2, 0.25) is 0 Å². The molecule has 0 amide bonds. The van der Waals surface area contributed by atoms with E-state index in [0.717, 1.165) is 24.8 Å². The molecule has 0 aromatic heterocycles. The van der Waals surface area contributed by atoms with Gasteiger partial charge in [-0.15, -0.1) is 0 Å². The van der Waals surface area contributed by atoms with Crippen LogP contribution in [0.4, 0.5) is 0 Å². The standard InChI is InChI=1S/C16H27O4P/c1-3-5-7-12-15(4-2)21(18,19)20-16(17)13-14-10-8-6-9-11-14/h6,8-11,15-17H,3-5,7,12-13H2,1-2H3,(H,18,19). The van der Waals surface area contributed by atoms with E-state index in [9.17, 15) is 14.6 Å². The minimum absolute atomic E-state index is 0.219. The second-order valence-electron chi connectivity index (χ2n) is 5.37. The number of benzene rings is 1. The smallest absolute Gasteiger partial charge is 0.333 e. The van der Waals surface area contributed by atoms with Gasteiger partial charge in [0.2, 0.25) is 0 Å². The van der Waals surface area contributed by atoms with Crippen molar-refractivity contribution in [2.75, 3.05) is 0 Å². The zero-order valence-corrected chi connectivity index (χ0v) is 13.8. The van der Waals surface area contributed by atoms with Gasteiger partial charge in [-0.1, -0.05) is 63.4 Å². The summed E-state index contributed by atoms with van der Waals surface area (Å²) in [5.74, 6) is 0. The van der Waals surface area contributed by atoms with Crippen LogP contribution in [0.1, 0.15) is 51.5 Å². The highest BCUT2D eigenvalue weighted by molar-refractivity contribution is 7.53. The lowest BCUT2D eigenvalue weighted by atomic mass is 10.1. The maximum Gasteiger partial charge on any atom is 0.333 e. The summed E-state index contributed by atoms with van der Waals surface area (Å²) in [6.45, 7) is 3.98. The second kappa shape index (κ2) is 9.37.